The van der Waals surface area contributed by atoms with Crippen LogP contribution < -0.4 is 5.73 Å². The molecule has 1 saturated heterocycles. The van der Waals surface area contributed by atoms with E-state index in [9.17, 15) is 0 Å². The lowest BCUT2D eigenvalue weighted by Gasteiger charge is -2.29. The molecular formula is C10H22N2S. The van der Waals surface area contributed by atoms with Gasteiger partial charge in [-0.05, 0) is 25.5 Å². The third-order valence-electron chi connectivity index (χ3n) is 2.16. The molecule has 0 aromatic carbocycles. The monoisotopic (exact) mass is 202 g/mol. The van der Waals surface area contributed by atoms with Crippen molar-refractivity contribution in [3.63, 3.8) is 0 Å². The summed E-state index contributed by atoms with van der Waals surface area (Å²) in [5, 5.41) is 0. The molecule has 0 amide bonds. The number of nitrogens with zero attached hydrogens (tertiary/aromatic N) is 1. The number of hydrogen-bond donors (Lipinski definition) is 1. The van der Waals surface area contributed by atoms with Crippen molar-refractivity contribution < 1.29 is 0 Å². The molecule has 1 heterocycles. The Kier molecular flexibility index (Phi) is 4.07. The molecule has 0 bridgehead atoms. The molecule has 1 unspecified atom stereocenters. The van der Waals surface area contributed by atoms with Crippen LogP contribution in [0.25, 0.3) is 0 Å². The zero-order valence-electron chi connectivity index (χ0n) is 9.05. The molecule has 1 rings (SSSR count). The van der Waals surface area contributed by atoms with Gasteiger partial charge in [-0.2, -0.15) is 11.8 Å². The van der Waals surface area contributed by atoms with Crippen LogP contribution >= 0.6 is 11.8 Å². The van der Waals surface area contributed by atoms with Gasteiger partial charge in [0.15, 0.2) is 0 Å². The summed E-state index contributed by atoms with van der Waals surface area (Å²) >= 11 is 2.07. The molecule has 3 heteroatoms. The second-order valence-electron chi connectivity index (χ2n) is 4.90. The summed E-state index contributed by atoms with van der Waals surface area (Å²) in [6.07, 6.45) is 0. The minimum absolute atomic E-state index is 0.0469. The summed E-state index contributed by atoms with van der Waals surface area (Å²) in [6, 6.07) is 0. The molecular weight excluding hydrogens is 180 g/mol. The zero-order valence-corrected chi connectivity index (χ0v) is 9.86. The minimum atomic E-state index is -0.0469. The van der Waals surface area contributed by atoms with Crippen LogP contribution in [0.1, 0.15) is 20.8 Å². The lowest BCUT2D eigenvalue weighted by molar-refractivity contribution is 0.220. The van der Waals surface area contributed by atoms with Gasteiger partial charge in [0.05, 0.1) is 0 Å². The Labute approximate surface area is 86.2 Å². The molecule has 1 atom stereocenters. The topological polar surface area (TPSA) is 29.3 Å². The summed E-state index contributed by atoms with van der Waals surface area (Å²) in [5.74, 6) is 3.39. The van der Waals surface area contributed by atoms with Crippen LogP contribution in [0.3, 0.4) is 0 Å². The molecule has 0 saturated carbocycles. The van der Waals surface area contributed by atoms with Gasteiger partial charge in [-0.25, -0.2) is 0 Å². The molecule has 0 radical (unpaired) electrons. The highest BCUT2D eigenvalue weighted by atomic mass is 32.2. The number of thioether (sulfide) groups is 1. The predicted octanol–water partition coefficient (Wildman–Crippen LogP) is 1.41. The average Bonchev–Trinajstić information content (AvgIpc) is 2.10. The molecule has 0 aromatic heterocycles. The van der Waals surface area contributed by atoms with Gasteiger partial charge in [0.1, 0.15) is 0 Å². The zero-order chi connectivity index (χ0) is 9.90. The Bertz CT molecular complexity index is 153. The van der Waals surface area contributed by atoms with Crippen molar-refractivity contribution in [2.45, 2.75) is 26.3 Å². The van der Waals surface area contributed by atoms with Crippen molar-refractivity contribution in [1.29, 1.82) is 0 Å². The highest BCUT2D eigenvalue weighted by Crippen LogP contribution is 2.16. The number of nitrogens with two attached hydrogens (primary N) is 1. The molecule has 1 fully saturated rings. The average molecular weight is 202 g/mol. The smallest absolute Gasteiger partial charge is 0.0226 e. The summed E-state index contributed by atoms with van der Waals surface area (Å²) in [7, 11) is 0. The van der Waals surface area contributed by atoms with Crippen LogP contribution in [0.2, 0.25) is 0 Å². The van der Waals surface area contributed by atoms with Gasteiger partial charge in [0, 0.05) is 30.9 Å². The van der Waals surface area contributed by atoms with Crippen molar-refractivity contribution in [3.05, 3.63) is 0 Å². The van der Waals surface area contributed by atoms with E-state index in [-0.39, 0.29) is 5.54 Å². The van der Waals surface area contributed by atoms with Gasteiger partial charge < -0.3 is 10.6 Å². The maximum Gasteiger partial charge on any atom is 0.0226 e. The second-order valence-corrected chi connectivity index (χ2v) is 6.05. The second kappa shape index (κ2) is 4.67. The lowest BCUT2D eigenvalue weighted by Crippen LogP contribution is -2.46. The largest absolute Gasteiger partial charge is 0.324 e. The third-order valence-corrected chi connectivity index (χ3v) is 3.43. The van der Waals surface area contributed by atoms with E-state index in [1.54, 1.807) is 0 Å². The standard InChI is InChI=1S/C10H22N2S/c1-9-6-12(4-5-13-7-9)8-10(2,3)11/h9H,4-8,11H2,1-3H3. The van der Waals surface area contributed by atoms with E-state index in [1.807, 2.05) is 0 Å². The highest BCUT2D eigenvalue weighted by molar-refractivity contribution is 7.99. The maximum absolute atomic E-state index is 6.01. The first kappa shape index (κ1) is 11.3. The van der Waals surface area contributed by atoms with Crippen molar-refractivity contribution in [1.82, 2.24) is 4.90 Å². The van der Waals surface area contributed by atoms with E-state index in [0.29, 0.717) is 0 Å². The Morgan fingerprint density at radius 3 is 2.85 bits per heavy atom. The van der Waals surface area contributed by atoms with Gasteiger partial charge >= 0.3 is 0 Å². The van der Waals surface area contributed by atoms with Crippen LogP contribution in [0.5, 0.6) is 0 Å². The van der Waals surface area contributed by atoms with Crippen LogP contribution in [-0.4, -0.2) is 41.6 Å². The number of rotatable bonds is 2. The lowest BCUT2D eigenvalue weighted by atomic mass is 10.1. The van der Waals surface area contributed by atoms with E-state index < -0.39 is 0 Å². The molecule has 0 aliphatic carbocycles. The molecule has 0 aromatic rings. The highest BCUT2D eigenvalue weighted by Gasteiger charge is 2.20. The number of hydrogen-bond acceptors (Lipinski definition) is 3. The quantitative estimate of drug-likeness (QED) is 0.734. The van der Waals surface area contributed by atoms with E-state index >= 15 is 0 Å². The summed E-state index contributed by atoms with van der Waals surface area (Å²) < 4.78 is 0. The first-order valence-corrected chi connectivity index (χ1v) is 6.22. The van der Waals surface area contributed by atoms with Gasteiger partial charge in [-0.3, -0.25) is 0 Å². The SMILES string of the molecule is CC1CSCCN(CC(C)(C)N)C1. The summed E-state index contributed by atoms with van der Waals surface area (Å²) in [4.78, 5) is 2.50. The Morgan fingerprint density at radius 2 is 2.23 bits per heavy atom. The van der Waals surface area contributed by atoms with Gasteiger partial charge in [-0.15, -0.1) is 0 Å². The third kappa shape index (κ3) is 4.89. The van der Waals surface area contributed by atoms with Crippen LogP contribution in [0.4, 0.5) is 0 Å². The summed E-state index contributed by atoms with van der Waals surface area (Å²) in [6.45, 7) is 9.99. The molecule has 1 aliphatic rings. The van der Waals surface area contributed by atoms with Crippen molar-refractivity contribution in [2.24, 2.45) is 11.7 Å². The molecule has 2 nitrogen and oxygen atoms in total. The Balaban J connectivity index is 2.39. The first-order valence-electron chi connectivity index (χ1n) is 5.06. The van der Waals surface area contributed by atoms with E-state index in [1.165, 1.54) is 24.6 Å². The van der Waals surface area contributed by atoms with E-state index in [4.69, 9.17) is 5.73 Å². The first-order chi connectivity index (χ1) is 5.97. The van der Waals surface area contributed by atoms with Gasteiger partial charge in [0.25, 0.3) is 0 Å². The molecule has 1 aliphatic heterocycles. The normalized spacial score (nSPS) is 27.2. The van der Waals surface area contributed by atoms with Gasteiger partial charge in [-0.1, -0.05) is 6.92 Å². The summed E-state index contributed by atoms with van der Waals surface area (Å²) in [5.41, 5.74) is 5.97. The molecule has 0 spiro atoms. The van der Waals surface area contributed by atoms with Crippen molar-refractivity contribution in [3.8, 4) is 0 Å². The fourth-order valence-electron chi connectivity index (χ4n) is 1.78. The van der Waals surface area contributed by atoms with Crippen LogP contribution in [-0.2, 0) is 0 Å². The maximum atomic E-state index is 6.01. The van der Waals surface area contributed by atoms with Crippen LogP contribution in [0.15, 0.2) is 0 Å². The fraction of sp³-hybridized carbons (Fsp3) is 1.00. The van der Waals surface area contributed by atoms with Crippen molar-refractivity contribution >= 4 is 11.8 Å². The molecule has 78 valence electrons. The van der Waals surface area contributed by atoms with Crippen LogP contribution in [0, 0.1) is 5.92 Å². The Morgan fingerprint density at radius 1 is 1.54 bits per heavy atom. The van der Waals surface area contributed by atoms with E-state index in [2.05, 4.69) is 37.4 Å². The molecule has 13 heavy (non-hydrogen) atoms. The van der Waals surface area contributed by atoms with E-state index in [0.717, 1.165) is 12.5 Å². The molecule has 2 N–H and O–H groups in total. The fourth-order valence-corrected chi connectivity index (χ4v) is 2.84. The Hall–Kier alpha value is 0.270. The predicted molar refractivity (Wildman–Crippen MR) is 61.2 cm³/mol. The van der Waals surface area contributed by atoms with Crippen molar-refractivity contribution in [2.75, 3.05) is 31.1 Å². The minimum Gasteiger partial charge on any atom is -0.324 e. The van der Waals surface area contributed by atoms with Gasteiger partial charge in [0.2, 0.25) is 0 Å².